The number of Topliss-reactive ketones (excluding diaryl/α,β-unsaturated/α-hetero) is 1. The zero-order chi connectivity index (χ0) is 12.2. The van der Waals surface area contributed by atoms with Crippen LogP contribution in [-0.4, -0.2) is 30.7 Å². The number of aromatic nitrogens is 1. The summed E-state index contributed by atoms with van der Waals surface area (Å²) in [6.07, 6.45) is 0.633. The summed E-state index contributed by atoms with van der Waals surface area (Å²) in [4.78, 5) is 15.6. The van der Waals surface area contributed by atoms with Crippen molar-refractivity contribution in [1.82, 2.24) is 4.98 Å². The lowest BCUT2D eigenvalue weighted by Gasteiger charge is -1.99. The largest absolute Gasteiger partial charge is 0.292 e. The first-order valence-electron chi connectivity index (χ1n) is 5.10. The Bertz CT molecular complexity index is 462. The van der Waals surface area contributed by atoms with Crippen molar-refractivity contribution in [2.45, 2.75) is 26.7 Å². The topological polar surface area (TPSA) is 64.1 Å². The number of rotatable bonds is 6. The Morgan fingerprint density at radius 1 is 1.50 bits per heavy atom. The fourth-order valence-corrected chi connectivity index (χ4v) is 2.71. The number of carbonyl (C=O) groups excluding carboxylic acids is 1. The summed E-state index contributed by atoms with van der Waals surface area (Å²) in [6, 6.07) is 0. The van der Waals surface area contributed by atoms with E-state index < -0.39 is 9.84 Å². The van der Waals surface area contributed by atoms with Gasteiger partial charge in [0.1, 0.15) is 15.5 Å². The van der Waals surface area contributed by atoms with Crippen LogP contribution in [0, 0.1) is 6.92 Å². The summed E-state index contributed by atoms with van der Waals surface area (Å²) < 4.78 is 22.4. The Hall–Kier alpha value is -0.750. The number of sulfone groups is 1. The molecule has 0 bridgehead atoms. The lowest BCUT2D eigenvalue weighted by Crippen LogP contribution is -2.10. The second kappa shape index (κ2) is 5.54. The second-order valence-corrected chi connectivity index (χ2v) is 7.05. The average molecular weight is 261 g/mol. The lowest BCUT2D eigenvalue weighted by atomic mass is 10.2. The maximum atomic E-state index is 11.6. The van der Waals surface area contributed by atoms with E-state index in [1.54, 1.807) is 12.3 Å². The highest BCUT2D eigenvalue weighted by atomic mass is 32.2. The van der Waals surface area contributed by atoms with Gasteiger partial charge in [0.2, 0.25) is 0 Å². The highest BCUT2D eigenvalue weighted by Crippen LogP contribution is 2.11. The smallest absolute Gasteiger partial charge is 0.182 e. The summed E-state index contributed by atoms with van der Waals surface area (Å²) >= 11 is 1.43. The molecule has 0 atom stereocenters. The zero-order valence-corrected chi connectivity index (χ0v) is 11.0. The Kier molecular flexibility index (Phi) is 4.61. The van der Waals surface area contributed by atoms with Crippen molar-refractivity contribution in [3.63, 3.8) is 0 Å². The summed E-state index contributed by atoms with van der Waals surface area (Å²) in [7, 11) is -2.96. The quantitative estimate of drug-likeness (QED) is 0.733. The molecule has 0 aliphatic rings. The molecule has 4 nitrogen and oxygen atoms in total. The van der Waals surface area contributed by atoms with Crippen LogP contribution in [0.5, 0.6) is 0 Å². The number of ketones is 1. The SMILES string of the molecule is CCS(=O)(=O)CCCC(=O)c1csc(C)n1. The molecule has 1 rings (SSSR count). The molecule has 0 amide bonds. The van der Waals surface area contributed by atoms with Gasteiger partial charge in [0.05, 0.1) is 10.8 Å². The molecule has 1 aromatic heterocycles. The molecular formula is C10H15NO3S2. The molecule has 0 spiro atoms. The first kappa shape index (κ1) is 13.3. The Balaban J connectivity index is 2.43. The molecule has 1 aromatic rings. The summed E-state index contributed by atoms with van der Waals surface area (Å²) in [6.45, 7) is 3.45. The number of aryl methyl sites for hydroxylation is 1. The van der Waals surface area contributed by atoms with Crippen LogP contribution in [-0.2, 0) is 9.84 Å². The molecule has 0 saturated heterocycles. The predicted octanol–water partition coefficient (Wildman–Crippen LogP) is 1.85. The van der Waals surface area contributed by atoms with Crippen molar-refractivity contribution in [2.75, 3.05) is 11.5 Å². The van der Waals surface area contributed by atoms with Crippen LogP contribution < -0.4 is 0 Å². The summed E-state index contributed by atoms with van der Waals surface area (Å²) in [5.41, 5.74) is 0.455. The summed E-state index contributed by atoms with van der Waals surface area (Å²) in [5, 5.41) is 2.57. The summed E-state index contributed by atoms with van der Waals surface area (Å²) in [5.74, 6) is 0.144. The number of carbonyl (C=O) groups is 1. The number of hydrogen-bond donors (Lipinski definition) is 0. The van der Waals surface area contributed by atoms with Crippen molar-refractivity contribution < 1.29 is 13.2 Å². The third-order valence-corrected chi connectivity index (χ3v) is 4.77. The Morgan fingerprint density at radius 3 is 2.69 bits per heavy atom. The van der Waals surface area contributed by atoms with E-state index in [0.29, 0.717) is 12.1 Å². The first-order valence-corrected chi connectivity index (χ1v) is 7.80. The Morgan fingerprint density at radius 2 is 2.19 bits per heavy atom. The third kappa shape index (κ3) is 4.02. The normalized spacial score (nSPS) is 11.6. The lowest BCUT2D eigenvalue weighted by molar-refractivity contribution is 0.0978. The first-order chi connectivity index (χ1) is 7.44. The molecule has 0 saturated carbocycles. The van der Waals surface area contributed by atoms with Crippen LogP contribution in [0.1, 0.15) is 35.3 Å². The van der Waals surface area contributed by atoms with Gasteiger partial charge in [-0.1, -0.05) is 6.92 Å². The van der Waals surface area contributed by atoms with Crippen molar-refractivity contribution in [2.24, 2.45) is 0 Å². The number of thiazole rings is 1. The Labute approximate surface area is 99.6 Å². The van der Waals surface area contributed by atoms with Gasteiger partial charge in [0.15, 0.2) is 5.78 Å². The van der Waals surface area contributed by atoms with Gasteiger partial charge in [-0.2, -0.15) is 0 Å². The van der Waals surface area contributed by atoms with Gasteiger partial charge in [-0.05, 0) is 13.3 Å². The van der Waals surface area contributed by atoms with Crippen LogP contribution >= 0.6 is 11.3 Å². The van der Waals surface area contributed by atoms with Crippen molar-refractivity contribution in [1.29, 1.82) is 0 Å². The van der Waals surface area contributed by atoms with Gasteiger partial charge in [-0.25, -0.2) is 13.4 Å². The molecule has 0 radical (unpaired) electrons. The fraction of sp³-hybridized carbons (Fsp3) is 0.600. The highest BCUT2D eigenvalue weighted by Gasteiger charge is 2.12. The van der Waals surface area contributed by atoms with Crippen molar-refractivity contribution in [3.8, 4) is 0 Å². The number of nitrogens with zero attached hydrogens (tertiary/aromatic N) is 1. The monoisotopic (exact) mass is 261 g/mol. The van der Waals surface area contributed by atoms with E-state index in [1.807, 2.05) is 6.92 Å². The van der Waals surface area contributed by atoms with E-state index in [2.05, 4.69) is 4.98 Å². The van der Waals surface area contributed by atoms with E-state index in [1.165, 1.54) is 11.3 Å². The van der Waals surface area contributed by atoms with E-state index in [4.69, 9.17) is 0 Å². The molecule has 0 aliphatic heterocycles. The third-order valence-electron chi connectivity index (χ3n) is 2.20. The minimum Gasteiger partial charge on any atom is -0.292 e. The molecule has 0 aliphatic carbocycles. The maximum absolute atomic E-state index is 11.6. The minimum atomic E-state index is -2.96. The fourth-order valence-electron chi connectivity index (χ4n) is 1.22. The standard InChI is InChI=1S/C10H15NO3S2/c1-3-16(13,14)6-4-5-10(12)9-7-15-8(2)11-9/h7H,3-6H2,1-2H3. The molecule has 0 N–H and O–H groups in total. The molecule has 0 aromatic carbocycles. The molecule has 1 heterocycles. The highest BCUT2D eigenvalue weighted by molar-refractivity contribution is 7.91. The van der Waals surface area contributed by atoms with Gasteiger partial charge in [-0.15, -0.1) is 11.3 Å². The van der Waals surface area contributed by atoms with Crippen LogP contribution in [0.25, 0.3) is 0 Å². The predicted molar refractivity (Wildman–Crippen MR) is 64.7 cm³/mol. The molecular weight excluding hydrogens is 246 g/mol. The maximum Gasteiger partial charge on any atom is 0.182 e. The average Bonchev–Trinajstić information content (AvgIpc) is 2.64. The van der Waals surface area contributed by atoms with Gasteiger partial charge in [0.25, 0.3) is 0 Å². The molecule has 0 unspecified atom stereocenters. The number of hydrogen-bond acceptors (Lipinski definition) is 5. The van der Waals surface area contributed by atoms with Crippen LogP contribution in [0.3, 0.4) is 0 Å². The van der Waals surface area contributed by atoms with E-state index in [9.17, 15) is 13.2 Å². The molecule has 0 fully saturated rings. The zero-order valence-electron chi connectivity index (χ0n) is 9.39. The van der Waals surface area contributed by atoms with Gasteiger partial charge in [0, 0.05) is 17.6 Å². The van der Waals surface area contributed by atoms with Crippen LogP contribution in [0.2, 0.25) is 0 Å². The van der Waals surface area contributed by atoms with E-state index >= 15 is 0 Å². The van der Waals surface area contributed by atoms with Gasteiger partial charge < -0.3 is 0 Å². The van der Waals surface area contributed by atoms with E-state index in [-0.39, 0.29) is 23.7 Å². The van der Waals surface area contributed by atoms with Gasteiger partial charge >= 0.3 is 0 Å². The van der Waals surface area contributed by atoms with E-state index in [0.717, 1.165) is 5.01 Å². The van der Waals surface area contributed by atoms with Crippen molar-refractivity contribution >= 4 is 27.0 Å². The van der Waals surface area contributed by atoms with Crippen molar-refractivity contribution in [3.05, 3.63) is 16.1 Å². The molecule has 6 heteroatoms. The molecule has 90 valence electrons. The van der Waals surface area contributed by atoms with Crippen LogP contribution in [0.15, 0.2) is 5.38 Å². The van der Waals surface area contributed by atoms with Crippen LogP contribution in [0.4, 0.5) is 0 Å². The second-order valence-electron chi connectivity index (χ2n) is 3.51. The minimum absolute atomic E-state index is 0.0735. The van der Waals surface area contributed by atoms with Gasteiger partial charge in [-0.3, -0.25) is 4.79 Å². The molecule has 16 heavy (non-hydrogen) atoms.